The molecule has 0 aliphatic heterocycles. The van der Waals surface area contributed by atoms with Gasteiger partial charge in [-0.15, -0.1) is 6.42 Å². The molecule has 1 unspecified atom stereocenters. The van der Waals surface area contributed by atoms with Crippen LogP contribution in [0.4, 0.5) is 0 Å². The quantitative estimate of drug-likeness (QED) is 0.645. The molecule has 0 aromatic rings. The fraction of sp³-hybridized carbons (Fsp3) is 0.727. The minimum atomic E-state index is -0.315. The van der Waals surface area contributed by atoms with E-state index >= 15 is 0 Å². The number of rotatable bonds is 4. The number of carbonyl (C=O) groups excluding carboxylic acids is 1. The van der Waals surface area contributed by atoms with Crippen LogP contribution in [0.25, 0.3) is 0 Å². The summed E-state index contributed by atoms with van der Waals surface area (Å²) in [6.07, 6.45) is 8.94. The summed E-state index contributed by atoms with van der Waals surface area (Å²) in [7, 11) is 0. The molecule has 1 aliphatic carbocycles. The Labute approximate surface area is 85.4 Å². The van der Waals surface area contributed by atoms with Gasteiger partial charge >= 0.3 is 0 Å². The molecule has 0 aromatic heterocycles. The van der Waals surface area contributed by atoms with Crippen LogP contribution in [0.5, 0.6) is 0 Å². The van der Waals surface area contributed by atoms with E-state index in [2.05, 4.69) is 11.2 Å². The van der Waals surface area contributed by atoms with Crippen molar-refractivity contribution in [1.82, 2.24) is 5.32 Å². The molecular formula is C11H18N2O. The Balaban J connectivity index is 2.53. The minimum Gasteiger partial charge on any atom is -0.342 e. The lowest BCUT2D eigenvalue weighted by Gasteiger charge is -2.39. The molecule has 1 fully saturated rings. The summed E-state index contributed by atoms with van der Waals surface area (Å²) in [5, 5.41) is 2.86. The highest BCUT2D eigenvalue weighted by Crippen LogP contribution is 2.40. The first-order valence-corrected chi connectivity index (χ1v) is 5.15. The summed E-state index contributed by atoms with van der Waals surface area (Å²) >= 11 is 0. The summed E-state index contributed by atoms with van der Waals surface area (Å²) in [5.74, 6) is 2.59. The van der Waals surface area contributed by atoms with Gasteiger partial charge in [-0.3, -0.25) is 4.79 Å². The standard InChI is InChI=1S/C11H18N2O/c1-3-9(4-2)13-10(14)11(8-12)6-5-7-11/h1,9H,4-8,12H2,2H3,(H,13,14). The van der Waals surface area contributed by atoms with Crippen molar-refractivity contribution in [2.75, 3.05) is 6.54 Å². The van der Waals surface area contributed by atoms with E-state index in [9.17, 15) is 4.79 Å². The molecule has 3 N–H and O–H groups in total. The summed E-state index contributed by atoms with van der Waals surface area (Å²) in [4.78, 5) is 11.8. The van der Waals surface area contributed by atoms with E-state index < -0.39 is 0 Å². The topological polar surface area (TPSA) is 55.1 Å². The van der Waals surface area contributed by atoms with Gasteiger partial charge in [0.1, 0.15) is 0 Å². The molecule has 0 bridgehead atoms. The predicted octanol–water partition coefficient (Wildman–Crippen LogP) is 0.643. The van der Waals surface area contributed by atoms with Crippen LogP contribution in [0, 0.1) is 17.8 Å². The summed E-state index contributed by atoms with van der Waals surface area (Å²) < 4.78 is 0. The minimum absolute atomic E-state index is 0.0380. The van der Waals surface area contributed by atoms with Crippen molar-refractivity contribution in [3.05, 3.63) is 0 Å². The van der Waals surface area contributed by atoms with Gasteiger partial charge in [-0.25, -0.2) is 0 Å². The first kappa shape index (κ1) is 11.1. The molecule has 1 atom stereocenters. The molecule has 1 amide bonds. The molecule has 78 valence electrons. The van der Waals surface area contributed by atoms with Crippen molar-refractivity contribution in [3.8, 4) is 12.3 Å². The lowest BCUT2D eigenvalue weighted by Crippen LogP contribution is -2.52. The molecule has 0 radical (unpaired) electrons. The molecule has 0 aromatic carbocycles. The smallest absolute Gasteiger partial charge is 0.228 e. The molecule has 3 heteroatoms. The molecular weight excluding hydrogens is 176 g/mol. The number of carbonyl (C=O) groups is 1. The van der Waals surface area contributed by atoms with Gasteiger partial charge in [0.2, 0.25) is 5.91 Å². The Morgan fingerprint density at radius 1 is 1.71 bits per heavy atom. The maximum atomic E-state index is 11.8. The van der Waals surface area contributed by atoms with Gasteiger partial charge in [0.15, 0.2) is 0 Å². The monoisotopic (exact) mass is 194 g/mol. The first-order valence-electron chi connectivity index (χ1n) is 5.15. The van der Waals surface area contributed by atoms with Crippen molar-refractivity contribution in [2.24, 2.45) is 11.1 Å². The molecule has 0 heterocycles. The summed E-state index contributed by atoms with van der Waals surface area (Å²) in [6.45, 7) is 2.39. The lowest BCUT2D eigenvalue weighted by molar-refractivity contribution is -0.135. The number of hydrogen-bond donors (Lipinski definition) is 2. The van der Waals surface area contributed by atoms with Crippen molar-refractivity contribution in [1.29, 1.82) is 0 Å². The molecule has 14 heavy (non-hydrogen) atoms. The third kappa shape index (κ3) is 1.91. The van der Waals surface area contributed by atoms with E-state index in [-0.39, 0.29) is 17.4 Å². The van der Waals surface area contributed by atoms with Crippen LogP contribution < -0.4 is 11.1 Å². The highest BCUT2D eigenvalue weighted by molar-refractivity contribution is 5.84. The third-order valence-electron chi connectivity index (χ3n) is 3.10. The average molecular weight is 194 g/mol. The fourth-order valence-corrected chi connectivity index (χ4v) is 1.70. The molecule has 1 aliphatic rings. The predicted molar refractivity (Wildman–Crippen MR) is 56.4 cm³/mol. The zero-order chi connectivity index (χ0) is 10.6. The molecule has 1 rings (SSSR count). The lowest BCUT2D eigenvalue weighted by atomic mass is 9.68. The second kappa shape index (κ2) is 4.47. The number of nitrogens with two attached hydrogens (primary N) is 1. The molecule has 0 saturated heterocycles. The maximum Gasteiger partial charge on any atom is 0.228 e. The SMILES string of the molecule is C#CC(CC)NC(=O)C1(CN)CCC1. The first-order chi connectivity index (χ1) is 6.68. The van der Waals surface area contributed by atoms with Crippen LogP contribution in [0.1, 0.15) is 32.6 Å². The van der Waals surface area contributed by atoms with Crippen LogP contribution in [0.15, 0.2) is 0 Å². The van der Waals surface area contributed by atoms with E-state index in [1.54, 1.807) is 0 Å². The molecule has 3 nitrogen and oxygen atoms in total. The summed E-state index contributed by atoms with van der Waals surface area (Å²) in [5.41, 5.74) is 5.30. The van der Waals surface area contributed by atoms with E-state index in [0.29, 0.717) is 6.54 Å². The van der Waals surface area contributed by atoms with Gasteiger partial charge in [0.05, 0.1) is 11.5 Å². The normalized spacial score (nSPS) is 20.4. The Morgan fingerprint density at radius 2 is 2.36 bits per heavy atom. The van der Waals surface area contributed by atoms with Gasteiger partial charge in [-0.1, -0.05) is 19.3 Å². The van der Waals surface area contributed by atoms with Crippen molar-refractivity contribution in [2.45, 2.75) is 38.6 Å². The maximum absolute atomic E-state index is 11.8. The van der Waals surface area contributed by atoms with Gasteiger partial charge in [0, 0.05) is 6.54 Å². The van der Waals surface area contributed by atoms with Gasteiger partial charge in [-0.2, -0.15) is 0 Å². The van der Waals surface area contributed by atoms with Gasteiger partial charge < -0.3 is 11.1 Å². The number of amides is 1. The average Bonchev–Trinajstić information content (AvgIpc) is 2.13. The Kier molecular flexibility index (Phi) is 3.54. The third-order valence-corrected chi connectivity index (χ3v) is 3.10. The van der Waals surface area contributed by atoms with Gasteiger partial charge in [-0.05, 0) is 19.3 Å². The number of terminal acetylenes is 1. The number of nitrogens with one attached hydrogen (secondary N) is 1. The Hall–Kier alpha value is -1.01. The van der Waals surface area contributed by atoms with Crippen molar-refractivity contribution in [3.63, 3.8) is 0 Å². The number of hydrogen-bond acceptors (Lipinski definition) is 2. The molecule has 1 saturated carbocycles. The Morgan fingerprint density at radius 3 is 2.64 bits per heavy atom. The molecule has 0 spiro atoms. The fourth-order valence-electron chi connectivity index (χ4n) is 1.70. The van der Waals surface area contributed by atoms with E-state index in [0.717, 1.165) is 25.7 Å². The highest BCUT2D eigenvalue weighted by atomic mass is 16.2. The van der Waals surface area contributed by atoms with Gasteiger partial charge in [0.25, 0.3) is 0 Å². The van der Waals surface area contributed by atoms with E-state index in [1.807, 2.05) is 6.92 Å². The van der Waals surface area contributed by atoms with Crippen LogP contribution in [-0.4, -0.2) is 18.5 Å². The second-order valence-electron chi connectivity index (χ2n) is 3.94. The van der Waals surface area contributed by atoms with Crippen molar-refractivity contribution >= 4 is 5.91 Å². The zero-order valence-electron chi connectivity index (χ0n) is 8.68. The van der Waals surface area contributed by atoms with Crippen LogP contribution in [0.3, 0.4) is 0 Å². The van der Waals surface area contributed by atoms with Crippen molar-refractivity contribution < 1.29 is 4.79 Å². The second-order valence-corrected chi connectivity index (χ2v) is 3.94. The van der Waals surface area contributed by atoms with Crippen LogP contribution in [0.2, 0.25) is 0 Å². The summed E-state index contributed by atoms with van der Waals surface area (Å²) in [6, 6.07) is -0.147. The highest BCUT2D eigenvalue weighted by Gasteiger charge is 2.43. The zero-order valence-corrected chi connectivity index (χ0v) is 8.68. The largest absolute Gasteiger partial charge is 0.342 e. The van der Waals surface area contributed by atoms with E-state index in [1.165, 1.54) is 0 Å². The Bertz CT molecular complexity index is 245. The van der Waals surface area contributed by atoms with Crippen LogP contribution >= 0.6 is 0 Å². The van der Waals surface area contributed by atoms with Crippen LogP contribution in [-0.2, 0) is 4.79 Å². The van der Waals surface area contributed by atoms with E-state index in [4.69, 9.17) is 12.2 Å².